The fourth-order valence-corrected chi connectivity index (χ4v) is 1.71. The van der Waals surface area contributed by atoms with Crippen LogP contribution in [0.25, 0.3) is 0 Å². The lowest BCUT2D eigenvalue weighted by Gasteiger charge is -2.28. The normalized spacial score (nSPS) is 20.8. The van der Waals surface area contributed by atoms with Crippen LogP contribution in [0.15, 0.2) is 0 Å². The highest BCUT2D eigenvalue weighted by Crippen LogP contribution is 2.28. The standard InChI is InChI=1S/C12H25NO/c1-4-12(2,8-5-9-14-3)10-13-11-6-7-11/h11,13H,4-10H2,1-3H3. The summed E-state index contributed by atoms with van der Waals surface area (Å²) in [6.07, 6.45) is 6.50. The molecule has 1 unspecified atom stereocenters. The van der Waals surface area contributed by atoms with E-state index < -0.39 is 0 Å². The summed E-state index contributed by atoms with van der Waals surface area (Å²) < 4.78 is 5.10. The van der Waals surface area contributed by atoms with Crippen LogP contribution in [-0.4, -0.2) is 26.3 Å². The third-order valence-corrected chi connectivity index (χ3v) is 3.38. The van der Waals surface area contributed by atoms with E-state index in [-0.39, 0.29) is 0 Å². The summed E-state index contributed by atoms with van der Waals surface area (Å²) in [7, 11) is 1.78. The van der Waals surface area contributed by atoms with Gasteiger partial charge in [-0.3, -0.25) is 0 Å². The summed E-state index contributed by atoms with van der Waals surface area (Å²) in [6.45, 7) is 6.76. The van der Waals surface area contributed by atoms with Crippen molar-refractivity contribution in [3.63, 3.8) is 0 Å². The molecule has 1 saturated carbocycles. The average molecular weight is 199 g/mol. The molecule has 2 nitrogen and oxygen atoms in total. The van der Waals surface area contributed by atoms with Crippen LogP contribution < -0.4 is 5.32 Å². The van der Waals surface area contributed by atoms with Gasteiger partial charge in [0.25, 0.3) is 0 Å². The maximum absolute atomic E-state index is 5.10. The molecule has 0 aromatic rings. The van der Waals surface area contributed by atoms with Crippen LogP contribution in [0.2, 0.25) is 0 Å². The molecule has 14 heavy (non-hydrogen) atoms. The zero-order chi connectivity index (χ0) is 10.4. The molecule has 0 aromatic carbocycles. The fraction of sp³-hybridized carbons (Fsp3) is 1.00. The van der Waals surface area contributed by atoms with Gasteiger partial charge in [0.05, 0.1) is 0 Å². The Morgan fingerprint density at radius 3 is 2.64 bits per heavy atom. The first kappa shape index (κ1) is 12.0. The second-order valence-electron chi connectivity index (χ2n) is 4.92. The Morgan fingerprint density at radius 1 is 1.43 bits per heavy atom. The van der Waals surface area contributed by atoms with Gasteiger partial charge in [0, 0.05) is 26.3 Å². The number of hydrogen-bond donors (Lipinski definition) is 1. The first-order valence-electron chi connectivity index (χ1n) is 5.92. The van der Waals surface area contributed by atoms with Crippen molar-refractivity contribution < 1.29 is 4.74 Å². The third-order valence-electron chi connectivity index (χ3n) is 3.38. The Morgan fingerprint density at radius 2 is 2.14 bits per heavy atom. The Hall–Kier alpha value is -0.0800. The van der Waals surface area contributed by atoms with E-state index >= 15 is 0 Å². The summed E-state index contributed by atoms with van der Waals surface area (Å²) in [5, 5.41) is 3.63. The van der Waals surface area contributed by atoms with E-state index in [1.807, 2.05) is 0 Å². The fourth-order valence-electron chi connectivity index (χ4n) is 1.71. The zero-order valence-electron chi connectivity index (χ0n) is 9.94. The van der Waals surface area contributed by atoms with E-state index in [4.69, 9.17) is 4.74 Å². The quantitative estimate of drug-likeness (QED) is 0.607. The van der Waals surface area contributed by atoms with Crippen molar-refractivity contribution in [1.29, 1.82) is 0 Å². The predicted molar refractivity (Wildman–Crippen MR) is 60.5 cm³/mol. The number of nitrogens with one attached hydrogen (secondary N) is 1. The average Bonchev–Trinajstić information content (AvgIpc) is 2.99. The molecule has 0 saturated heterocycles. The van der Waals surface area contributed by atoms with Gasteiger partial charge in [-0.15, -0.1) is 0 Å². The summed E-state index contributed by atoms with van der Waals surface area (Å²) in [5.41, 5.74) is 0.473. The summed E-state index contributed by atoms with van der Waals surface area (Å²) in [4.78, 5) is 0. The van der Waals surface area contributed by atoms with Gasteiger partial charge in [0.1, 0.15) is 0 Å². The van der Waals surface area contributed by atoms with Crippen LogP contribution in [0, 0.1) is 5.41 Å². The van der Waals surface area contributed by atoms with Gasteiger partial charge in [0.2, 0.25) is 0 Å². The second kappa shape index (κ2) is 5.72. The first-order valence-corrected chi connectivity index (χ1v) is 5.92. The molecule has 2 heteroatoms. The van der Waals surface area contributed by atoms with Crippen molar-refractivity contribution >= 4 is 0 Å². The highest BCUT2D eigenvalue weighted by atomic mass is 16.5. The zero-order valence-corrected chi connectivity index (χ0v) is 9.94. The molecule has 0 amide bonds. The van der Waals surface area contributed by atoms with E-state index in [1.54, 1.807) is 7.11 Å². The summed E-state index contributed by atoms with van der Waals surface area (Å²) in [6, 6.07) is 0.836. The van der Waals surface area contributed by atoms with Gasteiger partial charge < -0.3 is 10.1 Å². The number of rotatable bonds is 8. The van der Waals surface area contributed by atoms with Gasteiger partial charge in [-0.25, -0.2) is 0 Å². The van der Waals surface area contributed by atoms with E-state index in [0.29, 0.717) is 5.41 Å². The molecule has 0 heterocycles. The second-order valence-corrected chi connectivity index (χ2v) is 4.92. The Labute approximate surface area is 88.4 Å². The van der Waals surface area contributed by atoms with Crippen molar-refractivity contribution in [3.05, 3.63) is 0 Å². The Kier molecular flexibility index (Phi) is 4.90. The van der Waals surface area contributed by atoms with Gasteiger partial charge in [-0.05, 0) is 37.5 Å². The van der Waals surface area contributed by atoms with Crippen molar-refractivity contribution in [3.8, 4) is 0 Å². The van der Waals surface area contributed by atoms with Crippen LogP contribution >= 0.6 is 0 Å². The highest BCUT2D eigenvalue weighted by Gasteiger charge is 2.26. The first-order chi connectivity index (χ1) is 6.70. The minimum absolute atomic E-state index is 0.473. The number of ether oxygens (including phenoxy) is 1. The van der Waals surface area contributed by atoms with Crippen LogP contribution in [0.3, 0.4) is 0 Å². The topological polar surface area (TPSA) is 21.3 Å². The molecule has 0 bridgehead atoms. The lowest BCUT2D eigenvalue weighted by Crippen LogP contribution is -2.32. The molecule has 0 radical (unpaired) electrons. The molecule has 1 aliphatic rings. The van der Waals surface area contributed by atoms with Crippen LogP contribution in [0.1, 0.15) is 46.0 Å². The minimum atomic E-state index is 0.473. The van der Waals surface area contributed by atoms with E-state index in [9.17, 15) is 0 Å². The SMILES string of the molecule is CCC(C)(CCCOC)CNC1CC1. The van der Waals surface area contributed by atoms with Crippen molar-refractivity contribution in [2.75, 3.05) is 20.3 Å². The molecule has 1 fully saturated rings. The molecular formula is C12H25NO. The van der Waals surface area contributed by atoms with Crippen LogP contribution in [0.5, 0.6) is 0 Å². The van der Waals surface area contributed by atoms with E-state index in [1.165, 1.54) is 38.6 Å². The van der Waals surface area contributed by atoms with E-state index in [0.717, 1.165) is 12.6 Å². The van der Waals surface area contributed by atoms with Crippen LogP contribution in [0.4, 0.5) is 0 Å². The van der Waals surface area contributed by atoms with Gasteiger partial charge >= 0.3 is 0 Å². The molecule has 1 aliphatic carbocycles. The molecule has 1 rings (SSSR count). The highest BCUT2D eigenvalue weighted by molar-refractivity contribution is 4.85. The predicted octanol–water partition coefficient (Wildman–Crippen LogP) is 2.58. The number of methoxy groups -OCH3 is 1. The Balaban J connectivity index is 2.15. The molecule has 0 aromatic heterocycles. The summed E-state index contributed by atoms with van der Waals surface area (Å²) >= 11 is 0. The minimum Gasteiger partial charge on any atom is -0.385 e. The monoisotopic (exact) mass is 199 g/mol. The lowest BCUT2D eigenvalue weighted by atomic mass is 9.83. The Bertz CT molecular complexity index is 156. The lowest BCUT2D eigenvalue weighted by molar-refractivity contribution is 0.167. The summed E-state index contributed by atoms with van der Waals surface area (Å²) in [5.74, 6) is 0. The third kappa shape index (κ3) is 4.43. The number of hydrogen-bond acceptors (Lipinski definition) is 2. The van der Waals surface area contributed by atoms with Gasteiger partial charge in [-0.2, -0.15) is 0 Å². The molecule has 84 valence electrons. The van der Waals surface area contributed by atoms with Gasteiger partial charge in [0.15, 0.2) is 0 Å². The molecular weight excluding hydrogens is 174 g/mol. The molecule has 0 spiro atoms. The smallest absolute Gasteiger partial charge is 0.0462 e. The van der Waals surface area contributed by atoms with Crippen molar-refractivity contribution in [2.24, 2.45) is 5.41 Å². The van der Waals surface area contributed by atoms with Crippen molar-refractivity contribution in [2.45, 2.75) is 52.0 Å². The molecule has 0 aliphatic heterocycles. The van der Waals surface area contributed by atoms with E-state index in [2.05, 4.69) is 19.2 Å². The maximum atomic E-state index is 5.10. The molecule has 1 atom stereocenters. The van der Waals surface area contributed by atoms with Crippen LogP contribution in [-0.2, 0) is 4.74 Å². The van der Waals surface area contributed by atoms with Crippen molar-refractivity contribution in [1.82, 2.24) is 5.32 Å². The molecule has 1 N–H and O–H groups in total. The maximum Gasteiger partial charge on any atom is 0.0462 e. The largest absolute Gasteiger partial charge is 0.385 e. The van der Waals surface area contributed by atoms with Gasteiger partial charge in [-0.1, -0.05) is 13.8 Å².